The molecular formula is C17H17FN2O2S2. The smallest absolute Gasteiger partial charge is 0.233 e. The van der Waals surface area contributed by atoms with Crippen LogP contribution in [0, 0.1) is 5.82 Å². The molecule has 1 aliphatic rings. The lowest BCUT2D eigenvalue weighted by atomic mass is 10.2. The standard InChI is InChI=1S/C17H17FN2O2S2/c18-13-5-3-12(4-6-13)10-19-15(21)7-8-20-16(22)11-24-17(20)14-2-1-9-23-14/h1-6,9,17H,7-8,10-11H2,(H,19,21)/t17-/m1/s1. The molecule has 1 aromatic heterocycles. The second-order valence-electron chi connectivity index (χ2n) is 5.42. The maximum atomic E-state index is 12.8. The number of amides is 2. The number of thiophene rings is 1. The van der Waals surface area contributed by atoms with Gasteiger partial charge in [0.15, 0.2) is 0 Å². The molecular weight excluding hydrogens is 347 g/mol. The van der Waals surface area contributed by atoms with E-state index in [9.17, 15) is 14.0 Å². The number of carbonyl (C=O) groups is 2. The molecule has 1 aromatic carbocycles. The third-order valence-corrected chi connectivity index (χ3v) is 6.05. The number of rotatable bonds is 6. The number of carbonyl (C=O) groups excluding carboxylic acids is 2. The lowest BCUT2D eigenvalue weighted by Crippen LogP contribution is -2.33. The summed E-state index contributed by atoms with van der Waals surface area (Å²) in [6.07, 6.45) is 0.259. The minimum atomic E-state index is -0.297. The molecule has 1 N–H and O–H groups in total. The van der Waals surface area contributed by atoms with E-state index in [2.05, 4.69) is 5.32 Å². The highest BCUT2D eigenvalue weighted by atomic mass is 32.2. The summed E-state index contributed by atoms with van der Waals surface area (Å²) in [4.78, 5) is 27.0. The van der Waals surface area contributed by atoms with Crippen molar-refractivity contribution in [2.75, 3.05) is 12.3 Å². The summed E-state index contributed by atoms with van der Waals surface area (Å²) in [5, 5.41) is 4.81. The molecule has 2 amide bonds. The van der Waals surface area contributed by atoms with Gasteiger partial charge >= 0.3 is 0 Å². The third-order valence-electron chi connectivity index (χ3n) is 3.74. The summed E-state index contributed by atoms with van der Waals surface area (Å²) in [5.41, 5.74) is 0.842. The van der Waals surface area contributed by atoms with Crippen LogP contribution in [0.25, 0.3) is 0 Å². The summed E-state index contributed by atoms with van der Waals surface area (Å²) in [5.74, 6) is 0.119. The summed E-state index contributed by atoms with van der Waals surface area (Å²) >= 11 is 3.22. The first kappa shape index (κ1) is 17.0. The topological polar surface area (TPSA) is 49.4 Å². The Labute approximate surface area is 148 Å². The molecule has 1 aliphatic heterocycles. The minimum absolute atomic E-state index is 0.0161. The highest BCUT2D eigenvalue weighted by Crippen LogP contribution is 2.40. The lowest BCUT2D eigenvalue weighted by molar-refractivity contribution is -0.129. The van der Waals surface area contributed by atoms with Crippen molar-refractivity contribution in [3.05, 3.63) is 58.0 Å². The highest BCUT2D eigenvalue weighted by molar-refractivity contribution is 8.00. The number of thioether (sulfide) groups is 1. The fraction of sp³-hybridized carbons (Fsp3) is 0.294. The molecule has 0 bridgehead atoms. The number of hydrogen-bond acceptors (Lipinski definition) is 4. The van der Waals surface area contributed by atoms with Crippen LogP contribution in [0.1, 0.15) is 22.2 Å². The first-order valence-corrected chi connectivity index (χ1v) is 9.52. The SMILES string of the molecule is O=C(CCN1C(=O)CS[C@@H]1c1cccs1)NCc1ccc(F)cc1. The van der Waals surface area contributed by atoms with Crippen molar-refractivity contribution in [1.29, 1.82) is 0 Å². The Hall–Kier alpha value is -1.86. The maximum absolute atomic E-state index is 12.8. The van der Waals surface area contributed by atoms with Gasteiger partial charge in [-0.2, -0.15) is 0 Å². The molecule has 126 valence electrons. The number of hydrogen-bond donors (Lipinski definition) is 1. The van der Waals surface area contributed by atoms with Crippen molar-refractivity contribution in [2.45, 2.75) is 18.3 Å². The highest BCUT2D eigenvalue weighted by Gasteiger charge is 2.33. The zero-order valence-electron chi connectivity index (χ0n) is 12.9. The van der Waals surface area contributed by atoms with Crippen molar-refractivity contribution >= 4 is 34.9 Å². The van der Waals surface area contributed by atoms with Gasteiger partial charge in [-0.25, -0.2) is 4.39 Å². The summed E-state index contributed by atoms with van der Waals surface area (Å²) in [7, 11) is 0. The first-order valence-electron chi connectivity index (χ1n) is 7.59. The van der Waals surface area contributed by atoms with Crippen LogP contribution in [0.15, 0.2) is 41.8 Å². The fourth-order valence-corrected chi connectivity index (χ4v) is 4.67. The van der Waals surface area contributed by atoms with Crippen molar-refractivity contribution in [3.63, 3.8) is 0 Å². The first-order chi connectivity index (χ1) is 11.6. The average Bonchev–Trinajstić information content (AvgIpc) is 3.22. The molecule has 0 aliphatic carbocycles. The van der Waals surface area contributed by atoms with E-state index in [1.165, 1.54) is 12.1 Å². The normalized spacial score (nSPS) is 17.3. The van der Waals surface area contributed by atoms with E-state index in [0.29, 0.717) is 18.8 Å². The third kappa shape index (κ3) is 4.15. The summed E-state index contributed by atoms with van der Waals surface area (Å²) < 4.78 is 12.8. The Kier molecular flexibility index (Phi) is 5.52. The van der Waals surface area contributed by atoms with Gasteiger partial charge in [-0.3, -0.25) is 9.59 Å². The van der Waals surface area contributed by atoms with E-state index in [1.54, 1.807) is 40.1 Å². The van der Waals surface area contributed by atoms with Crippen molar-refractivity contribution in [2.24, 2.45) is 0 Å². The maximum Gasteiger partial charge on any atom is 0.233 e. The van der Waals surface area contributed by atoms with E-state index in [1.807, 2.05) is 17.5 Å². The molecule has 24 heavy (non-hydrogen) atoms. The van der Waals surface area contributed by atoms with E-state index in [0.717, 1.165) is 10.4 Å². The Morgan fingerprint density at radius 2 is 2.08 bits per heavy atom. The molecule has 0 saturated carbocycles. The van der Waals surface area contributed by atoms with Gasteiger partial charge in [0.2, 0.25) is 11.8 Å². The molecule has 1 saturated heterocycles. The lowest BCUT2D eigenvalue weighted by Gasteiger charge is -2.22. The van der Waals surface area contributed by atoms with Gasteiger partial charge in [-0.05, 0) is 29.1 Å². The molecule has 7 heteroatoms. The Bertz CT molecular complexity index is 704. The molecule has 1 atom stereocenters. The van der Waals surface area contributed by atoms with Crippen molar-refractivity contribution < 1.29 is 14.0 Å². The fourth-order valence-electron chi connectivity index (χ4n) is 2.48. The van der Waals surface area contributed by atoms with Gasteiger partial charge in [0.05, 0.1) is 5.75 Å². The molecule has 2 aromatic rings. The minimum Gasteiger partial charge on any atom is -0.352 e. The molecule has 2 heterocycles. The van der Waals surface area contributed by atoms with Crippen LogP contribution in [0.4, 0.5) is 4.39 Å². The quantitative estimate of drug-likeness (QED) is 0.857. The van der Waals surface area contributed by atoms with Crippen LogP contribution in [0.5, 0.6) is 0 Å². The van der Waals surface area contributed by atoms with Gasteiger partial charge in [0.25, 0.3) is 0 Å². The summed E-state index contributed by atoms with van der Waals surface area (Å²) in [6.45, 7) is 0.764. The largest absolute Gasteiger partial charge is 0.352 e. The van der Waals surface area contributed by atoms with E-state index >= 15 is 0 Å². The number of halogens is 1. The van der Waals surface area contributed by atoms with Gasteiger partial charge in [-0.1, -0.05) is 18.2 Å². The van der Waals surface area contributed by atoms with Crippen LogP contribution < -0.4 is 5.32 Å². The van der Waals surface area contributed by atoms with Gasteiger partial charge < -0.3 is 10.2 Å². The number of nitrogens with one attached hydrogen (secondary N) is 1. The molecule has 0 radical (unpaired) electrons. The van der Waals surface area contributed by atoms with Gasteiger partial charge in [0, 0.05) is 24.4 Å². The van der Waals surface area contributed by atoms with Crippen LogP contribution in [-0.2, 0) is 16.1 Å². The Morgan fingerprint density at radius 3 is 2.79 bits per heavy atom. The van der Waals surface area contributed by atoms with Crippen molar-refractivity contribution in [1.82, 2.24) is 10.2 Å². The second-order valence-corrected chi connectivity index (χ2v) is 7.47. The van der Waals surface area contributed by atoms with Crippen molar-refractivity contribution in [3.8, 4) is 0 Å². The molecule has 0 spiro atoms. The van der Waals surface area contributed by atoms with Crippen LogP contribution in [0.2, 0.25) is 0 Å². The Morgan fingerprint density at radius 1 is 1.29 bits per heavy atom. The number of nitrogens with zero attached hydrogens (tertiary/aromatic N) is 1. The van der Waals surface area contributed by atoms with E-state index in [4.69, 9.17) is 0 Å². The van der Waals surface area contributed by atoms with Gasteiger partial charge in [0.1, 0.15) is 11.2 Å². The molecule has 4 nitrogen and oxygen atoms in total. The average molecular weight is 364 g/mol. The summed E-state index contributed by atoms with van der Waals surface area (Å²) in [6, 6.07) is 10.0. The molecule has 0 unspecified atom stereocenters. The zero-order valence-corrected chi connectivity index (χ0v) is 14.5. The van der Waals surface area contributed by atoms with E-state index < -0.39 is 0 Å². The monoisotopic (exact) mass is 364 g/mol. The molecule has 3 rings (SSSR count). The van der Waals surface area contributed by atoms with Gasteiger partial charge in [-0.15, -0.1) is 23.1 Å². The predicted molar refractivity (Wildman–Crippen MR) is 94.1 cm³/mol. The predicted octanol–water partition coefficient (Wildman–Crippen LogP) is 3.17. The van der Waals surface area contributed by atoms with Crippen LogP contribution in [0.3, 0.4) is 0 Å². The second kappa shape index (κ2) is 7.81. The van der Waals surface area contributed by atoms with E-state index in [-0.39, 0.29) is 29.4 Å². The molecule has 1 fully saturated rings. The zero-order chi connectivity index (χ0) is 16.9. The number of benzene rings is 1. The Balaban J connectivity index is 1.49. The van der Waals surface area contributed by atoms with Crippen LogP contribution in [-0.4, -0.2) is 29.0 Å². The van der Waals surface area contributed by atoms with Crippen LogP contribution >= 0.6 is 23.1 Å².